The van der Waals surface area contributed by atoms with Gasteiger partial charge in [0.15, 0.2) is 0 Å². The van der Waals surface area contributed by atoms with E-state index in [0.717, 1.165) is 6.42 Å². The lowest BCUT2D eigenvalue weighted by Crippen LogP contribution is -2.39. The van der Waals surface area contributed by atoms with Gasteiger partial charge in [0, 0.05) is 6.54 Å². The van der Waals surface area contributed by atoms with Crippen LogP contribution in [0.3, 0.4) is 0 Å². The normalized spacial score (nSPS) is 12.1. The Labute approximate surface area is 103 Å². The predicted molar refractivity (Wildman–Crippen MR) is 66.7 cm³/mol. The van der Waals surface area contributed by atoms with Crippen molar-refractivity contribution < 1.29 is 14.3 Å². The summed E-state index contributed by atoms with van der Waals surface area (Å²) in [5, 5.41) is 5.34. The third-order valence-electron chi connectivity index (χ3n) is 2.32. The summed E-state index contributed by atoms with van der Waals surface area (Å²) < 4.78 is 4.99. The molecular weight excluding hydrogens is 220 g/mol. The second-order valence-corrected chi connectivity index (χ2v) is 4.51. The van der Waals surface area contributed by atoms with Gasteiger partial charge in [-0.15, -0.1) is 0 Å². The molecule has 0 aromatic carbocycles. The first kappa shape index (κ1) is 15.7. The Bertz CT molecular complexity index is 242. The number of esters is 1. The van der Waals surface area contributed by atoms with Gasteiger partial charge in [0.2, 0.25) is 0 Å². The predicted octanol–water partition coefficient (Wildman–Crippen LogP) is 1.53. The summed E-state index contributed by atoms with van der Waals surface area (Å²) in [6.45, 7) is 9.00. The highest BCUT2D eigenvalue weighted by Gasteiger charge is 2.11. The van der Waals surface area contributed by atoms with Gasteiger partial charge in [0.1, 0.15) is 6.61 Å². The lowest BCUT2D eigenvalue weighted by Gasteiger charge is -2.11. The first-order valence-corrected chi connectivity index (χ1v) is 6.15. The third kappa shape index (κ3) is 8.54. The molecule has 0 bridgehead atoms. The quantitative estimate of drug-likeness (QED) is 0.527. The molecule has 1 unspecified atom stereocenters. The van der Waals surface area contributed by atoms with Crippen LogP contribution in [0.25, 0.3) is 0 Å². The molecular formula is C12H24N2O3. The Hall–Kier alpha value is -1.26. The van der Waals surface area contributed by atoms with Crippen LogP contribution in [0.1, 0.15) is 34.1 Å². The minimum Gasteiger partial charge on any atom is -0.464 e. The summed E-state index contributed by atoms with van der Waals surface area (Å²) in [6, 6.07) is -0.224. The molecule has 0 aromatic heterocycles. The van der Waals surface area contributed by atoms with Gasteiger partial charge in [0.25, 0.3) is 0 Å². The summed E-state index contributed by atoms with van der Waals surface area (Å²) >= 11 is 0. The van der Waals surface area contributed by atoms with E-state index in [9.17, 15) is 9.59 Å². The van der Waals surface area contributed by atoms with Crippen LogP contribution in [0.2, 0.25) is 0 Å². The van der Waals surface area contributed by atoms with Crippen molar-refractivity contribution in [3.63, 3.8) is 0 Å². The molecule has 0 saturated heterocycles. The van der Waals surface area contributed by atoms with E-state index in [2.05, 4.69) is 10.6 Å². The van der Waals surface area contributed by atoms with Crippen molar-refractivity contribution in [3.05, 3.63) is 0 Å². The molecule has 100 valence electrons. The average Bonchev–Trinajstić information content (AvgIpc) is 2.30. The lowest BCUT2D eigenvalue weighted by molar-refractivity contribution is -0.147. The van der Waals surface area contributed by atoms with E-state index in [0.29, 0.717) is 19.0 Å². The zero-order valence-corrected chi connectivity index (χ0v) is 11.2. The summed E-state index contributed by atoms with van der Waals surface area (Å²) in [7, 11) is 0. The zero-order chi connectivity index (χ0) is 13.3. The first-order valence-electron chi connectivity index (χ1n) is 6.15. The van der Waals surface area contributed by atoms with Gasteiger partial charge < -0.3 is 15.4 Å². The van der Waals surface area contributed by atoms with Gasteiger partial charge >= 0.3 is 12.0 Å². The molecule has 0 spiro atoms. The van der Waals surface area contributed by atoms with E-state index in [4.69, 9.17) is 4.74 Å². The molecule has 0 radical (unpaired) electrons. The van der Waals surface area contributed by atoms with Gasteiger partial charge in [-0.05, 0) is 12.3 Å². The van der Waals surface area contributed by atoms with Crippen LogP contribution < -0.4 is 10.6 Å². The third-order valence-corrected chi connectivity index (χ3v) is 2.32. The molecule has 1 atom stereocenters. The Morgan fingerprint density at radius 3 is 2.35 bits per heavy atom. The van der Waals surface area contributed by atoms with Crippen LogP contribution in [-0.4, -0.2) is 31.7 Å². The molecule has 5 nitrogen and oxygen atoms in total. The van der Waals surface area contributed by atoms with E-state index in [1.54, 1.807) is 0 Å². The summed E-state index contributed by atoms with van der Waals surface area (Å²) in [6.07, 6.45) is 0.765. The molecule has 0 heterocycles. The highest BCUT2D eigenvalue weighted by molar-refractivity contribution is 5.74. The first-order chi connectivity index (χ1) is 7.97. The topological polar surface area (TPSA) is 67.4 Å². The van der Waals surface area contributed by atoms with Crippen molar-refractivity contribution in [2.75, 3.05) is 19.7 Å². The standard InChI is InChI=1S/C12H24N2O3/c1-5-10(4)11(15)17-7-6-13-12(16)14-8-9(2)3/h9-10H,5-8H2,1-4H3,(H2,13,14,16). The zero-order valence-electron chi connectivity index (χ0n) is 11.2. The lowest BCUT2D eigenvalue weighted by atomic mass is 10.1. The van der Waals surface area contributed by atoms with Crippen molar-refractivity contribution in [1.29, 1.82) is 0 Å². The van der Waals surface area contributed by atoms with E-state index in [-0.39, 0.29) is 24.5 Å². The van der Waals surface area contributed by atoms with Crippen LogP contribution in [0.5, 0.6) is 0 Å². The maximum atomic E-state index is 11.3. The molecule has 2 amide bonds. The van der Waals surface area contributed by atoms with Crippen molar-refractivity contribution in [1.82, 2.24) is 10.6 Å². The number of urea groups is 1. The smallest absolute Gasteiger partial charge is 0.314 e. The minimum atomic E-state index is -0.224. The van der Waals surface area contributed by atoms with Crippen molar-refractivity contribution in [2.24, 2.45) is 11.8 Å². The fourth-order valence-corrected chi connectivity index (χ4v) is 0.984. The number of carbonyl (C=O) groups excluding carboxylic acids is 2. The van der Waals surface area contributed by atoms with Gasteiger partial charge in [-0.3, -0.25) is 4.79 Å². The molecule has 0 aliphatic rings. The van der Waals surface area contributed by atoms with Crippen LogP contribution in [0, 0.1) is 11.8 Å². The van der Waals surface area contributed by atoms with Crippen LogP contribution in [-0.2, 0) is 9.53 Å². The van der Waals surface area contributed by atoms with E-state index < -0.39 is 0 Å². The van der Waals surface area contributed by atoms with Gasteiger partial charge in [0.05, 0.1) is 12.5 Å². The fourth-order valence-electron chi connectivity index (χ4n) is 0.984. The van der Waals surface area contributed by atoms with Crippen molar-refractivity contribution in [3.8, 4) is 0 Å². The Balaban J connectivity index is 3.51. The van der Waals surface area contributed by atoms with Crippen LogP contribution in [0.4, 0.5) is 4.79 Å². The molecule has 0 aliphatic heterocycles. The fraction of sp³-hybridized carbons (Fsp3) is 0.833. The SMILES string of the molecule is CCC(C)C(=O)OCCNC(=O)NCC(C)C. The molecule has 0 aliphatic carbocycles. The Kier molecular flexibility index (Phi) is 8.19. The van der Waals surface area contributed by atoms with Crippen LogP contribution in [0.15, 0.2) is 0 Å². The number of hydrogen-bond acceptors (Lipinski definition) is 3. The number of carbonyl (C=O) groups is 2. The molecule has 0 aromatic rings. The van der Waals surface area contributed by atoms with Crippen LogP contribution >= 0.6 is 0 Å². The van der Waals surface area contributed by atoms with Gasteiger partial charge in [-0.1, -0.05) is 27.7 Å². The average molecular weight is 244 g/mol. The number of amides is 2. The molecule has 0 saturated carbocycles. The monoisotopic (exact) mass is 244 g/mol. The van der Waals surface area contributed by atoms with E-state index in [1.165, 1.54) is 0 Å². The van der Waals surface area contributed by atoms with E-state index >= 15 is 0 Å². The summed E-state index contributed by atoms with van der Waals surface area (Å²) in [5.41, 5.74) is 0. The molecule has 17 heavy (non-hydrogen) atoms. The Morgan fingerprint density at radius 2 is 1.82 bits per heavy atom. The maximum absolute atomic E-state index is 11.3. The second-order valence-electron chi connectivity index (χ2n) is 4.51. The largest absolute Gasteiger partial charge is 0.464 e. The molecule has 2 N–H and O–H groups in total. The molecule has 5 heteroatoms. The minimum absolute atomic E-state index is 0.0789. The summed E-state index contributed by atoms with van der Waals surface area (Å²) in [5.74, 6) is 0.130. The van der Waals surface area contributed by atoms with Crippen molar-refractivity contribution in [2.45, 2.75) is 34.1 Å². The van der Waals surface area contributed by atoms with Crippen molar-refractivity contribution >= 4 is 12.0 Å². The molecule has 0 fully saturated rings. The highest BCUT2D eigenvalue weighted by Crippen LogP contribution is 2.02. The Morgan fingerprint density at radius 1 is 1.18 bits per heavy atom. The number of rotatable bonds is 7. The van der Waals surface area contributed by atoms with Gasteiger partial charge in [-0.25, -0.2) is 4.79 Å². The second kappa shape index (κ2) is 8.84. The number of nitrogens with one attached hydrogen (secondary N) is 2. The van der Waals surface area contributed by atoms with Gasteiger partial charge in [-0.2, -0.15) is 0 Å². The number of ether oxygens (including phenoxy) is 1. The summed E-state index contributed by atoms with van der Waals surface area (Å²) in [4.78, 5) is 22.5. The number of hydrogen-bond donors (Lipinski definition) is 2. The highest BCUT2D eigenvalue weighted by atomic mass is 16.5. The van der Waals surface area contributed by atoms with E-state index in [1.807, 2.05) is 27.7 Å². The maximum Gasteiger partial charge on any atom is 0.314 e. The molecule has 0 rings (SSSR count).